The quantitative estimate of drug-likeness (QED) is 0.396. The number of ketones is 2. The zero-order valence-electron chi connectivity index (χ0n) is 17.1. The summed E-state index contributed by atoms with van der Waals surface area (Å²) in [5.74, 6) is -2.68. The van der Waals surface area contributed by atoms with Crippen LogP contribution in [0.3, 0.4) is 0 Å². The Bertz CT molecular complexity index is 900. The van der Waals surface area contributed by atoms with E-state index in [1.807, 2.05) is 31.2 Å². The van der Waals surface area contributed by atoms with Crippen molar-refractivity contribution in [3.8, 4) is 0 Å². The molecule has 2 fully saturated rings. The molecule has 2 saturated heterocycles. The van der Waals surface area contributed by atoms with E-state index >= 15 is 0 Å². The van der Waals surface area contributed by atoms with Gasteiger partial charge in [0.15, 0.2) is 5.76 Å². The smallest absolute Gasteiger partial charge is 0.291 e. The molecule has 0 aliphatic carbocycles. The van der Waals surface area contributed by atoms with E-state index in [4.69, 9.17) is 9.15 Å². The number of aryl methyl sites for hydroxylation is 1. The summed E-state index contributed by atoms with van der Waals surface area (Å²) >= 11 is 0. The normalized spacial score (nSPS) is 22.6. The van der Waals surface area contributed by atoms with Crippen LogP contribution in [0.15, 0.2) is 47.1 Å². The molecule has 4 rings (SSSR count). The van der Waals surface area contributed by atoms with Crippen molar-refractivity contribution < 1.29 is 23.5 Å². The standard InChI is InChI=1S/C23H26N2O5/c1-16-5-7-17(8-6-16)20-19(21(26)18-4-2-13-30-18)22(27)23(28)25(20)10-3-9-24-11-14-29-15-12-24/h2,4-8,13,19-20H,3,9-12,14-15H2,1H3. The molecule has 2 aromatic rings. The van der Waals surface area contributed by atoms with Gasteiger partial charge < -0.3 is 14.1 Å². The number of furan rings is 1. The van der Waals surface area contributed by atoms with E-state index in [1.54, 1.807) is 11.0 Å². The fourth-order valence-electron chi connectivity index (χ4n) is 4.22. The van der Waals surface area contributed by atoms with Crippen molar-refractivity contribution in [2.24, 2.45) is 5.92 Å². The monoisotopic (exact) mass is 410 g/mol. The molecule has 7 nitrogen and oxygen atoms in total. The number of hydrogen-bond donors (Lipinski definition) is 0. The highest BCUT2D eigenvalue weighted by Crippen LogP contribution is 2.38. The molecule has 1 aromatic heterocycles. The lowest BCUT2D eigenvalue weighted by Gasteiger charge is -2.30. The molecule has 2 unspecified atom stereocenters. The molecule has 7 heteroatoms. The van der Waals surface area contributed by atoms with Crippen molar-refractivity contribution in [2.45, 2.75) is 19.4 Å². The Morgan fingerprint density at radius 2 is 1.80 bits per heavy atom. The summed E-state index contributed by atoms with van der Waals surface area (Å²) in [4.78, 5) is 42.7. The van der Waals surface area contributed by atoms with Crippen molar-refractivity contribution in [3.05, 3.63) is 59.5 Å². The van der Waals surface area contributed by atoms with Gasteiger partial charge in [0, 0.05) is 26.2 Å². The maximum atomic E-state index is 13.1. The number of ether oxygens (including phenoxy) is 1. The lowest BCUT2D eigenvalue weighted by Crippen LogP contribution is -2.39. The number of likely N-dealkylation sites (tertiary alicyclic amines) is 1. The fraction of sp³-hybridized carbons (Fsp3) is 0.435. The molecule has 30 heavy (non-hydrogen) atoms. The van der Waals surface area contributed by atoms with Gasteiger partial charge in [0.2, 0.25) is 11.6 Å². The van der Waals surface area contributed by atoms with Crippen LogP contribution < -0.4 is 0 Å². The largest absolute Gasteiger partial charge is 0.461 e. The van der Waals surface area contributed by atoms with E-state index in [9.17, 15) is 14.4 Å². The molecule has 2 aliphatic rings. The molecule has 0 saturated carbocycles. The predicted molar refractivity (Wildman–Crippen MR) is 109 cm³/mol. The third-order valence-corrected chi connectivity index (χ3v) is 5.85. The maximum absolute atomic E-state index is 13.1. The van der Waals surface area contributed by atoms with Crippen molar-refractivity contribution in [3.63, 3.8) is 0 Å². The van der Waals surface area contributed by atoms with Gasteiger partial charge in [-0.1, -0.05) is 29.8 Å². The van der Waals surface area contributed by atoms with E-state index in [1.165, 1.54) is 12.3 Å². The maximum Gasteiger partial charge on any atom is 0.291 e. The second-order valence-electron chi connectivity index (χ2n) is 7.85. The number of Topliss-reactive ketones (excluding diaryl/α,β-unsaturated/α-hetero) is 2. The van der Waals surface area contributed by atoms with E-state index in [0.717, 1.165) is 37.2 Å². The molecule has 0 bridgehead atoms. The zero-order chi connectivity index (χ0) is 21.1. The zero-order valence-corrected chi connectivity index (χ0v) is 17.1. The van der Waals surface area contributed by atoms with Gasteiger partial charge in [-0.2, -0.15) is 0 Å². The highest BCUT2D eigenvalue weighted by Gasteiger charge is 2.52. The third kappa shape index (κ3) is 4.08. The number of nitrogens with zero attached hydrogens (tertiary/aromatic N) is 2. The first-order chi connectivity index (χ1) is 14.6. The van der Waals surface area contributed by atoms with Crippen molar-refractivity contribution in [1.82, 2.24) is 9.80 Å². The summed E-state index contributed by atoms with van der Waals surface area (Å²) in [6.07, 6.45) is 2.12. The summed E-state index contributed by atoms with van der Waals surface area (Å²) in [5, 5.41) is 0. The highest BCUT2D eigenvalue weighted by atomic mass is 16.5. The summed E-state index contributed by atoms with van der Waals surface area (Å²) in [5.41, 5.74) is 1.86. The summed E-state index contributed by atoms with van der Waals surface area (Å²) < 4.78 is 10.6. The lowest BCUT2D eigenvalue weighted by atomic mass is 9.88. The third-order valence-electron chi connectivity index (χ3n) is 5.85. The first-order valence-electron chi connectivity index (χ1n) is 10.4. The number of amides is 1. The average Bonchev–Trinajstić information content (AvgIpc) is 3.38. The van der Waals surface area contributed by atoms with Crippen molar-refractivity contribution in [1.29, 1.82) is 0 Å². The molecule has 1 amide bonds. The minimum absolute atomic E-state index is 0.105. The van der Waals surface area contributed by atoms with Gasteiger partial charge >= 0.3 is 0 Å². The first-order valence-corrected chi connectivity index (χ1v) is 10.4. The molecule has 0 N–H and O–H groups in total. The Morgan fingerprint density at radius 3 is 2.47 bits per heavy atom. The van der Waals surface area contributed by atoms with E-state index in [2.05, 4.69) is 4.90 Å². The second kappa shape index (κ2) is 8.93. The molecular formula is C23H26N2O5. The van der Waals surface area contributed by atoms with Crippen LogP contribution in [-0.4, -0.2) is 66.7 Å². The van der Waals surface area contributed by atoms with E-state index in [-0.39, 0.29) is 5.76 Å². The van der Waals surface area contributed by atoms with Gasteiger partial charge in [-0.15, -0.1) is 0 Å². The Kier molecular flexibility index (Phi) is 6.11. The molecular weight excluding hydrogens is 384 g/mol. The number of benzene rings is 1. The second-order valence-corrected chi connectivity index (χ2v) is 7.85. The van der Waals surface area contributed by atoms with Gasteiger partial charge in [0.25, 0.3) is 5.91 Å². The predicted octanol–water partition coefficient (Wildman–Crippen LogP) is 2.26. The molecule has 0 radical (unpaired) electrons. The number of morpholine rings is 1. The van der Waals surface area contributed by atoms with E-state index < -0.39 is 29.4 Å². The molecule has 0 spiro atoms. The van der Waals surface area contributed by atoms with Crippen molar-refractivity contribution in [2.75, 3.05) is 39.4 Å². The van der Waals surface area contributed by atoms with Gasteiger partial charge in [-0.25, -0.2) is 0 Å². The van der Waals surface area contributed by atoms with Crippen LogP contribution in [0.4, 0.5) is 0 Å². The molecule has 3 heterocycles. The van der Waals surface area contributed by atoms with Crippen LogP contribution >= 0.6 is 0 Å². The van der Waals surface area contributed by atoms with Gasteiger partial charge in [0.1, 0.15) is 5.92 Å². The van der Waals surface area contributed by atoms with Crippen molar-refractivity contribution >= 4 is 17.5 Å². The highest BCUT2D eigenvalue weighted by molar-refractivity contribution is 6.43. The van der Waals surface area contributed by atoms with Gasteiger partial charge in [-0.3, -0.25) is 19.3 Å². The fourth-order valence-corrected chi connectivity index (χ4v) is 4.22. The Hall–Kier alpha value is -2.77. The first kappa shape index (κ1) is 20.5. The Balaban J connectivity index is 1.58. The van der Waals surface area contributed by atoms with Gasteiger partial charge in [-0.05, 0) is 31.0 Å². The Labute approximate surface area is 175 Å². The van der Waals surface area contributed by atoms with Crippen LogP contribution in [0.2, 0.25) is 0 Å². The molecule has 158 valence electrons. The number of hydrogen-bond acceptors (Lipinski definition) is 6. The average molecular weight is 410 g/mol. The summed E-state index contributed by atoms with van der Waals surface area (Å²) in [7, 11) is 0. The van der Waals surface area contributed by atoms with Gasteiger partial charge in [0.05, 0.1) is 25.5 Å². The van der Waals surface area contributed by atoms with E-state index in [0.29, 0.717) is 19.8 Å². The summed E-state index contributed by atoms with van der Waals surface area (Å²) in [6.45, 7) is 6.38. The minimum Gasteiger partial charge on any atom is -0.461 e. The van der Waals surface area contributed by atoms with Crippen LogP contribution in [0.25, 0.3) is 0 Å². The SMILES string of the molecule is Cc1ccc(C2C(C(=O)c3ccco3)C(=O)C(=O)N2CCCN2CCOCC2)cc1. The molecule has 2 aliphatic heterocycles. The van der Waals surface area contributed by atoms with Crippen LogP contribution in [0, 0.1) is 12.8 Å². The summed E-state index contributed by atoms with van der Waals surface area (Å²) in [6, 6.07) is 10.2. The molecule has 2 atom stereocenters. The van der Waals surface area contributed by atoms with Crippen LogP contribution in [-0.2, 0) is 14.3 Å². The molecule has 1 aromatic carbocycles. The lowest BCUT2D eigenvalue weighted by molar-refractivity contribution is -0.140. The number of carbonyl (C=O) groups is 3. The van der Waals surface area contributed by atoms with Crippen LogP contribution in [0.5, 0.6) is 0 Å². The van der Waals surface area contributed by atoms with Crippen LogP contribution in [0.1, 0.15) is 34.1 Å². The Morgan fingerprint density at radius 1 is 1.07 bits per heavy atom. The topological polar surface area (TPSA) is 80.1 Å². The number of rotatable bonds is 7. The number of carbonyl (C=O) groups excluding carboxylic acids is 3. The minimum atomic E-state index is -1.09.